The van der Waals surface area contributed by atoms with E-state index in [4.69, 9.17) is 0 Å². The molecule has 21 heavy (non-hydrogen) atoms. The largest absolute Gasteiger partial charge is 0.316 e. The topological polar surface area (TPSA) is 69.8 Å². The molecule has 1 aliphatic rings. The van der Waals surface area contributed by atoms with E-state index in [-0.39, 0.29) is 11.3 Å². The molecule has 5 heteroatoms. The standard InChI is InChI=1S/C16H28N4O/c1-11(12-6-5-7-17-10-12)8-15(21)18-14-9-13(19-20-14)16(2,3)4/h9,11-12,17H,5-8,10H2,1-4H3,(H2,18,19,20,21). The highest BCUT2D eigenvalue weighted by atomic mass is 16.1. The number of amides is 1. The number of aromatic nitrogens is 2. The van der Waals surface area contributed by atoms with Crippen LogP contribution in [0.1, 0.15) is 52.7 Å². The third-order valence-corrected chi connectivity index (χ3v) is 4.30. The van der Waals surface area contributed by atoms with Gasteiger partial charge < -0.3 is 10.6 Å². The second kappa shape index (κ2) is 6.60. The summed E-state index contributed by atoms with van der Waals surface area (Å²) in [4.78, 5) is 12.1. The number of nitrogens with one attached hydrogen (secondary N) is 3. The molecule has 2 unspecified atom stereocenters. The van der Waals surface area contributed by atoms with Gasteiger partial charge in [-0.1, -0.05) is 27.7 Å². The molecular formula is C16H28N4O. The highest BCUT2D eigenvalue weighted by molar-refractivity contribution is 5.89. The molecule has 2 heterocycles. The lowest BCUT2D eigenvalue weighted by atomic mass is 9.85. The van der Waals surface area contributed by atoms with Crippen molar-refractivity contribution >= 4 is 11.7 Å². The van der Waals surface area contributed by atoms with Crippen LogP contribution in [0.5, 0.6) is 0 Å². The van der Waals surface area contributed by atoms with E-state index >= 15 is 0 Å². The monoisotopic (exact) mass is 292 g/mol. The Morgan fingerprint density at radius 3 is 2.86 bits per heavy atom. The smallest absolute Gasteiger partial charge is 0.225 e. The van der Waals surface area contributed by atoms with E-state index < -0.39 is 0 Å². The van der Waals surface area contributed by atoms with Gasteiger partial charge in [0.05, 0.1) is 0 Å². The van der Waals surface area contributed by atoms with E-state index in [9.17, 15) is 4.79 Å². The van der Waals surface area contributed by atoms with Crippen molar-refractivity contribution in [1.82, 2.24) is 15.5 Å². The van der Waals surface area contributed by atoms with Gasteiger partial charge in [-0.25, -0.2) is 0 Å². The summed E-state index contributed by atoms with van der Waals surface area (Å²) in [6.07, 6.45) is 2.99. The van der Waals surface area contributed by atoms with E-state index in [0.717, 1.165) is 18.8 Å². The van der Waals surface area contributed by atoms with E-state index in [2.05, 4.69) is 48.5 Å². The molecule has 0 spiro atoms. The molecule has 0 aliphatic carbocycles. The molecule has 1 aliphatic heterocycles. The van der Waals surface area contributed by atoms with Gasteiger partial charge in [0, 0.05) is 23.6 Å². The van der Waals surface area contributed by atoms with E-state index in [1.54, 1.807) is 0 Å². The van der Waals surface area contributed by atoms with Gasteiger partial charge in [0.1, 0.15) is 0 Å². The van der Waals surface area contributed by atoms with Crippen LogP contribution in [0.2, 0.25) is 0 Å². The van der Waals surface area contributed by atoms with Crippen molar-refractivity contribution in [2.75, 3.05) is 18.4 Å². The van der Waals surface area contributed by atoms with Gasteiger partial charge in [-0.2, -0.15) is 5.10 Å². The summed E-state index contributed by atoms with van der Waals surface area (Å²) >= 11 is 0. The molecule has 1 aromatic heterocycles. The first-order valence-corrected chi connectivity index (χ1v) is 7.92. The molecule has 0 bridgehead atoms. The van der Waals surface area contributed by atoms with Gasteiger partial charge in [-0.15, -0.1) is 0 Å². The van der Waals surface area contributed by atoms with E-state index in [1.165, 1.54) is 12.8 Å². The van der Waals surface area contributed by atoms with Gasteiger partial charge >= 0.3 is 0 Å². The summed E-state index contributed by atoms with van der Waals surface area (Å²) in [5, 5.41) is 13.5. The summed E-state index contributed by atoms with van der Waals surface area (Å²) < 4.78 is 0. The van der Waals surface area contributed by atoms with Crippen molar-refractivity contribution < 1.29 is 4.79 Å². The van der Waals surface area contributed by atoms with E-state index in [0.29, 0.717) is 24.1 Å². The molecule has 5 nitrogen and oxygen atoms in total. The molecule has 0 saturated carbocycles. The molecule has 1 fully saturated rings. The lowest BCUT2D eigenvalue weighted by molar-refractivity contribution is -0.117. The average molecular weight is 292 g/mol. The summed E-state index contributed by atoms with van der Waals surface area (Å²) in [6, 6.07) is 1.92. The number of rotatable bonds is 4. The van der Waals surface area contributed by atoms with Gasteiger partial charge in [0.15, 0.2) is 5.82 Å². The fourth-order valence-electron chi connectivity index (χ4n) is 2.79. The van der Waals surface area contributed by atoms with Crippen LogP contribution in [-0.2, 0) is 10.2 Å². The Labute approximate surface area is 127 Å². The Morgan fingerprint density at radius 2 is 2.29 bits per heavy atom. The number of aromatic amines is 1. The molecule has 1 saturated heterocycles. The molecule has 0 aromatic carbocycles. The third-order valence-electron chi connectivity index (χ3n) is 4.30. The number of anilines is 1. The second-order valence-electron chi connectivity index (χ2n) is 7.25. The summed E-state index contributed by atoms with van der Waals surface area (Å²) in [5.41, 5.74) is 1.04. The Morgan fingerprint density at radius 1 is 1.52 bits per heavy atom. The van der Waals surface area contributed by atoms with Crippen LogP contribution in [-0.4, -0.2) is 29.2 Å². The second-order valence-corrected chi connectivity index (χ2v) is 7.25. The molecule has 2 rings (SSSR count). The zero-order valence-electron chi connectivity index (χ0n) is 13.6. The minimum absolute atomic E-state index is 0.0109. The van der Waals surface area contributed by atoms with Crippen LogP contribution in [0.25, 0.3) is 0 Å². The molecular weight excluding hydrogens is 264 g/mol. The minimum Gasteiger partial charge on any atom is -0.316 e. The predicted octanol–water partition coefficient (Wildman–Crippen LogP) is 2.67. The SMILES string of the molecule is CC(CC(=O)Nc1cc(C(C)(C)C)[nH]n1)C1CCCNC1. The first-order valence-electron chi connectivity index (χ1n) is 7.92. The van der Waals surface area contributed by atoms with Gasteiger partial charge in [0.25, 0.3) is 0 Å². The van der Waals surface area contributed by atoms with Crippen LogP contribution >= 0.6 is 0 Å². The molecule has 118 valence electrons. The van der Waals surface area contributed by atoms with Crippen molar-refractivity contribution in [2.45, 2.75) is 52.4 Å². The number of carbonyl (C=O) groups is 1. The lowest BCUT2D eigenvalue weighted by Gasteiger charge is -2.27. The maximum absolute atomic E-state index is 12.1. The fraction of sp³-hybridized carbons (Fsp3) is 0.750. The Balaban J connectivity index is 1.85. The van der Waals surface area contributed by atoms with Crippen molar-refractivity contribution in [2.24, 2.45) is 11.8 Å². The number of hydrogen-bond acceptors (Lipinski definition) is 3. The summed E-state index contributed by atoms with van der Waals surface area (Å²) in [7, 11) is 0. The van der Waals surface area contributed by atoms with Crippen LogP contribution in [0.3, 0.4) is 0 Å². The number of hydrogen-bond donors (Lipinski definition) is 3. The lowest BCUT2D eigenvalue weighted by Crippen LogP contribution is -2.34. The zero-order valence-corrected chi connectivity index (χ0v) is 13.6. The maximum atomic E-state index is 12.1. The minimum atomic E-state index is 0.0109. The van der Waals surface area contributed by atoms with Crippen LogP contribution in [0.15, 0.2) is 6.07 Å². The molecule has 3 N–H and O–H groups in total. The Bertz CT molecular complexity index is 469. The highest BCUT2D eigenvalue weighted by Gasteiger charge is 2.23. The maximum Gasteiger partial charge on any atom is 0.225 e. The normalized spacial score (nSPS) is 21.0. The van der Waals surface area contributed by atoms with Crippen LogP contribution in [0, 0.1) is 11.8 Å². The Kier molecular flexibility index (Phi) is 5.04. The first kappa shape index (κ1) is 16.0. The van der Waals surface area contributed by atoms with Gasteiger partial charge in [-0.3, -0.25) is 9.89 Å². The fourth-order valence-corrected chi connectivity index (χ4v) is 2.79. The van der Waals surface area contributed by atoms with E-state index in [1.807, 2.05) is 6.07 Å². The van der Waals surface area contributed by atoms with Crippen LogP contribution in [0.4, 0.5) is 5.82 Å². The van der Waals surface area contributed by atoms with Gasteiger partial charge in [-0.05, 0) is 37.8 Å². The molecule has 0 radical (unpaired) electrons. The van der Waals surface area contributed by atoms with Crippen molar-refractivity contribution in [3.63, 3.8) is 0 Å². The molecule has 1 aromatic rings. The molecule has 2 atom stereocenters. The predicted molar refractivity (Wildman–Crippen MR) is 85.3 cm³/mol. The number of H-pyrrole nitrogens is 1. The zero-order chi connectivity index (χ0) is 15.5. The van der Waals surface area contributed by atoms with Crippen molar-refractivity contribution in [3.8, 4) is 0 Å². The van der Waals surface area contributed by atoms with Crippen molar-refractivity contribution in [3.05, 3.63) is 11.8 Å². The van der Waals surface area contributed by atoms with Crippen LogP contribution < -0.4 is 10.6 Å². The first-order chi connectivity index (χ1) is 9.86. The summed E-state index contributed by atoms with van der Waals surface area (Å²) in [5.74, 6) is 1.69. The number of carbonyl (C=O) groups excluding carboxylic acids is 1. The summed E-state index contributed by atoms with van der Waals surface area (Å²) in [6.45, 7) is 10.7. The quantitative estimate of drug-likeness (QED) is 0.799. The molecule has 1 amide bonds. The number of piperidine rings is 1. The number of nitrogens with zero attached hydrogens (tertiary/aromatic N) is 1. The average Bonchev–Trinajstić information content (AvgIpc) is 2.88. The van der Waals surface area contributed by atoms with Crippen molar-refractivity contribution in [1.29, 1.82) is 0 Å². The van der Waals surface area contributed by atoms with Gasteiger partial charge in [0.2, 0.25) is 5.91 Å². The third kappa shape index (κ3) is 4.56. The highest BCUT2D eigenvalue weighted by Crippen LogP contribution is 2.24. The Hall–Kier alpha value is -1.36.